The predicted octanol–water partition coefficient (Wildman–Crippen LogP) is 2.01. The minimum absolute atomic E-state index is 0.109. The van der Waals surface area contributed by atoms with Crippen LogP contribution in [0.15, 0.2) is 18.5 Å². The van der Waals surface area contributed by atoms with Crippen molar-refractivity contribution in [2.75, 3.05) is 24.3 Å². The fraction of sp³-hybridized carbons (Fsp3) is 0.625. The monoisotopic (exact) mass is 288 g/mol. The zero-order valence-corrected chi connectivity index (χ0v) is 12.8. The Labute approximate surface area is 126 Å². The van der Waals surface area contributed by atoms with Gasteiger partial charge in [-0.25, -0.2) is 0 Å². The minimum atomic E-state index is 0.109. The number of anilines is 2. The molecule has 1 aromatic heterocycles. The quantitative estimate of drug-likeness (QED) is 0.890. The first kappa shape index (κ1) is 14.3. The van der Waals surface area contributed by atoms with Crippen LogP contribution in [0.4, 0.5) is 11.4 Å². The van der Waals surface area contributed by atoms with Crippen molar-refractivity contribution in [2.45, 2.75) is 44.2 Å². The van der Waals surface area contributed by atoms with Gasteiger partial charge >= 0.3 is 0 Å². The van der Waals surface area contributed by atoms with Gasteiger partial charge in [0.2, 0.25) is 5.91 Å². The van der Waals surface area contributed by atoms with Gasteiger partial charge in [0.05, 0.1) is 17.6 Å². The van der Waals surface area contributed by atoms with Gasteiger partial charge in [0.25, 0.3) is 0 Å². The number of fused-ring (bicyclic) bond motifs is 2. The Balaban J connectivity index is 1.59. The lowest BCUT2D eigenvalue weighted by molar-refractivity contribution is -0.117. The molecule has 114 valence electrons. The van der Waals surface area contributed by atoms with Gasteiger partial charge < -0.3 is 15.5 Å². The van der Waals surface area contributed by atoms with Crippen LogP contribution in [0.5, 0.6) is 0 Å². The van der Waals surface area contributed by atoms with Gasteiger partial charge in [0.15, 0.2) is 0 Å². The van der Waals surface area contributed by atoms with Crippen LogP contribution < -0.4 is 15.5 Å². The molecule has 0 saturated carbocycles. The van der Waals surface area contributed by atoms with Crippen LogP contribution in [0.1, 0.15) is 32.1 Å². The standard InChI is InChI=1S/C16H24N4O/c1-20(2)15-5-6-17-10-14(15)19-16(21)9-11-7-12-3-4-13(8-11)18-12/h5-6,10-13,18H,3-4,7-9H2,1-2H3,(H,19,21). The van der Waals surface area contributed by atoms with E-state index in [9.17, 15) is 4.79 Å². The first-order valence-electron chi connectivity index (χ1n) is 7.79. The van der Waals surface area contributed by atoms with Crippen molar-refractivity contribution in [3.05, 3.63) is 18.5 Å². The molecule has 2 unspecified atom stereocenters. The molecular formula is C16H24N4O. The van der Waals surface area contributed by atoms with Gasteiger partial charge in [-0.05, 0) is 37.7 Å². The summed E-state index contributed by atoms with van der Waals surface area (Å²) in [6, 6.07) is 3.19. The molecule has 0 radical (unpaired) electrons. The largest absolute Gasteiger partial charge is 0.376 e. The summed E-state index contributed by atoms with van der Waals surface area (Å²) >= 11 is 0. The Hall–Kier alpha value is -1.62. The summed E-state index contributed by atoms with van der Waals surface area (Å²) in [5.41, 5.74) is 1.79. The van der Waals surface area contributed by atoms with Crippen molar-refractivity contribution in [1.82, 2.24) is 10.3 Å². The number of carbonyl (C=O) groups excluding carboxylic acids is 1. The number of amides is 1. The van der Waals surface area contributed by atoms with Gasteiger partial charge in [-0.2, -0.15) is 0 Å². The fourth-order valence-electron chi connectivity index (χ4n) is 3.68. The molecule has 3 heterocycles. The lowest BCUT2D eigenvalue weighted by Gasteiger charge is -2.28. The number of nitrogens with zero attached hydrogens (tertiary/aromatic N) is 2. The van der Waals surface area contributed by atoms with E-state index in [1.54, 1.807) is 12.4 Å². The second-order valence-electron chi connectivity index (χ2n) is 6.51. The zero-order valence-electron chi connectivity index (χ0n) is 12.8. The van der Waals surface area contributed by atoms with Crippen molar-refractivity contribution in [1.29, 1.82) is 0 Å². The number of nitrogens with one attached hydrogen (secondary N) is 2. The van der Waals surface area contributed by atoms with Crippen LogP contribution in [0, 0.1) is 5.92 Å². The van der Waals surface area contributed by atoms with E-state index in [-0.39, 0.29) is 5.91 Å². The van der Waals surface area contributed by atoms with Crippen LogP contribution in [-0.4, -0.2) is 37.1 Å². The van der Waals surface area contributed by atoms with Crippen LogP contribution in [-0.2, 0) is 4.79 Å². The molecule has 0 aliphatic carbocycles. The predicted molar refractivity (Wildman–Crippen MR) is 84.5 cm³/mol. The number of hydrogen-bond acceptors (Lipinski definition) is 4. The van der Waals surface area contributed by atoms with Crippen LogP contribution in [0.3, 0.4) is 0 Å². The van der Waals surface area contributed by atoms with Gasteiger partial charge in [-0.1, -0.05) is 0 Å². The van der Waals surface area contributed by atoms with Crippen molar-refractivity contribution in [3.8, 4) is 0 Å². The Kier molecular flexibility index (Phi) is 4.10. The van der Waals surface area contributed by atoms with E-state index in [2.05, 4.69) is 15.6 Å². The molecule has 2 atom stereocenters. The van der Waals surface area contributed by atoms with Crippen molar-refractivity contribution in [3.63, 3.8) is 0 Å². The summed E-state index contributed by atoms with van der Waals surface area (Å²) in [4.78, 5) is 18.4. The molecule has 1 amide bonds. The average molecular weight is 288 g/mol. The van der Waals surface area contributed by atoms with Gasteiger partial charge in [0, 0.05) is 38.8 Å². The summed E-state index contributed by atoms with van der Waals surface area (Å²) in [6.45, 7) is 0. The molecule has 1 aromatic rings. The maximum absolute atomic E-state index is 12.3. The lowest BCUT2D eigenvalue weighted by Crippen LogP contribution is -2.39. The SMILES string of the molecule is CN(C)c1ccncc1NC(=O)CC1CC2CCC(C1)N2. The highest BCUT2D eigenvalue weighted by atomic mass is 16.1. The molecule has 2 fully saturated rings. The van der Waals surface area contributed by atoms with E-state index in [0.29, 0.717) is 24.4 Å². The molecule has 5 nitrogen and oxygen atoms in total. The molecule has 2 saturated heterocycles. The highest BCUT2D eigenvalue weighted by molar-refractivity contribution is 5.94. The first-order valence-corrected chi connectivity index (χ1v) is 7.79. The summed E-state index contributed by atoms with van der Waals surface area (Å²) in [6.07, 6.45) is 8.91. The Morgan fingerprint density at radius 2 is 2.10 bits per heavy atom. The van der Waals surface area contributed by atoms with Crippen LogP contribution >= 0.6 is 0 Å². The summed E-state index contributed by atoms with van der Waals surface area (Å²) in [7, 11) is 3.94. The summed E-state index contributed by atoms with van der Waals surface area (Å²) in [5, 5.41) is 6.64. The molecule has 3 rings (SSSR count). The average Bonchev–Trinajstić information content (AvgIpc) is 2.78. The molecule has 2 N–H and O–H groups in total. The normalized spacial score (nSPS) is 27.4. The van der Waals surface area contributed by atoms with E-state index >= 15 is 0 Å². The Morgan fingerprint density at radius 3 is 2.76 bits per heavy atom. The van der Waals surface area contributed by atoms with Crippen LogP contribution in [0.2, 0.25) is 0 Å². The molecule has 0 spiro atoms. The Bertz CT molecular complexity index is 505. The van der Waals surface area contributed by atoms with E-state index in [0.717, 1.165) is 24.2 Å². The van der Waals surface area contributed by atoms with Gasteiger partial charge in [-0.3, -0.25) is 9.78 Å². The van der Waals surface area contributed by atoms with Crippen LogP contribution in [0.25, 0.3) is 0 Å². The first-order chi connectivity index (χ1) is 10.1. The third kappa shape index (κ3) is 3.35. The van der Waals surface area contributed by atoms with Crippen molar-refractivity contribution < 1.29 is 4.79 Å². The fourth-order valence-corrected chi connectivity index (χ4v) is 3.68. The minimum Gasteiger partial charge on any atom is -0.376 e. The smallest absolute Gasteiger partial charge is 0.224 e. The Morgan fingerprint density at radius 1 is 1.38 bits per heavy atom. The molecule has 21 heavy (non-hydrogen) atoms. The van der Waals surface area contributed by atoms with E-state index < -0.39 is 0 Å². The molecule has 2 aliphatic rings. The maximum atomic E-state index is 12.3. The number of hydrogen-bond donors (Lipinski definition) is 2. The number of rotatable bonds is 4. The number of aromatic nitrogens is 1. The zero-order chi connectivity index (χ0) is 14.8. The third-order valence-electron chi connectivity index (χ3n) is 4.60. The number of carbonyl (C=O) groups is 1. The molecular weight excluding hydrogens is 264 g/mol. The van der Waals surface area contributed by atoms with Crippen molar-refractivity contribution >= 4 is 17.3 Å². The topological polar surface area (TPSA) is 57.3 Å². The van der Waals surface area contributed by atoms with Gasteiger partial charge in [-0.15, -0.1) is 0 Å². The summed E-state index contributed by atoms with van der Waals surface area (Å²) in [5.74, 6) is 0.626. The summed E-state index contributed by atoms with van der Waals surface area (Å²) < 4.78 is 0. The second kappa shape index (κ2) is 6.02. The highest BCUT2D eigenvalue weighted by Gasteiger charge is 2.34. The van der Waals surface area contributed by atoms with E-state index in [1.807, 2.05) is 25.1 Å². The van der Waals surface area contributed by atoms with Crippen molar-refractivity contribution in [2.24, 2.45) is 5.92 Å². The third-order valence-corrected chi connectivity index (χ3v) is 4.60. The lowest BCUT2D eigenvalue weighted by atomic mass is 9.89. The van der Waals surface area contributed by atoms with E-state index in [1.165, 1.54) is 12.8 Å². The number of pyridine rings is 1. The maximum Gasteiger partial charge on any atom is 0.224 e. The highest BCUT2D eigenvalue weighted by Crippen LogP contribution is 2.33. The molecule has 2 bridgehead atoms. The van der Waals surface area contributed by atoms with Gasteiger partial charge in [0.1, 0.15) is 0 Å². The second-order valence-corrected chi connectivity index (χ2v) is 6.51. The molecule has 0 aromatic carbocycles. The molecule has 2 aliphatic heterocycles. The molecule has 5 heteroatoms. The number of piperidine rings is 1. The van der Waals surface area contributed by atoms with E-state index in [4.69, 9.17) is 0 Å².